The zero-order valence-electron chi connectivity index (χ0n) is 12.7. The molecule has 0 aliphatic carbocycles. The van der Waals surface area contributed by atoms with E-state index in [-0.39, 0.29) is 16.5 Å². The van der Waals surface area contributed by atoms with Gasteiger partial charge in [0.15, 0.2) is 17.5 Å². The van der Waals surface area contributed by atoms with Crippen molar-refractivity contribution in [2.24, 2.45) is 0 Å². The van der Waals surface area contributed by atoms with Crippen molar-refractivity contribution in [3.8, 4) is 0 Å². The Hall–Kier alpha value is -1.87. The largest absolute Gasteiger partial charge is 0.269 e. The number of halogens is 3. The first-order chi connectivity index (χ1) is 10.6. The molecule has 5 nitrogen and oxygen atoms in total. The van der Waals surface area contributed by atoms with Crippen LogP contribution in [0, 0.1) is 17.5 Å². The Morgan fingerprint density at radius 1 is 1.13 bits per heavy atom. The van der Waals surface area contributed by atoms with Crippen molar-refractivity contribution in [2.45, 2.75) is 37.8 Å². The van der Waals surface area contributed by atoms with Crippen LogP contribution in [0.3, 0.4) is 0 Å². The second-order valence-electron chi connectivity index (χ2n) is 5.39. The monoisotopic (exact) mass is 347 g/mol. The van der Waals surface area contributed by atoms with E-state index < -0.39 is 33.5 Å². The standard InChI is InChI=1S/C14H16F3N3O2S/c1-8(2)20-7-11(6-18-20)23(21,22)19-9(3)10-4-12(15)14(17)13(16)5-10/h4-9,19H,1-3H3/t9-/m1/s1. The lowest BCUT2D eigenvalue weighted by molar-refractivity contribution is 0.443. The van der Waals surface area contributed by atoms with Crippen LogP contribution in [0.1, 0.15) is 38.4 Å². The number of nitrogens with zero attached hydrogens (tertiary/aromatic N) is 2. The van der Waals surface area contributed by atoms with Gasteiger partial charge in [-0.05, 0) is 38.5 Å². The van der Waals surface area contributed by atoms with Gasteiger partial charge in [0.05, 0.1) is 6.20 Å². The van der Waals surface area contributed by atoms with E-state index in [1.54, 1.807) is 0 Å². The van der Waals surface area contributed by atoms with Gasteiger partial charge in [0.25, 0.3) is 0 Å². The Kier molecular flexibility index (Phi) is 4.81. The van der Waals surface area contributed by atoms with Gasteiger partial charge in [-0.25, -0.2) is 26.3 Å². The molecule has 1 N–H and O–H groups in total. The van der Waals surface area contributed by atoms with E-state index in [9.17, 15) is 21.6 Å². The molecular weight excluding hydrogens is 331 g/mol. The third kappa shape index (κ3) is 3.73. The number of benzene rings is 1. The van der Waals surface area contributed by atoms with E-state index in [1.807, 2.05) is 13.8 Å². The fourth-order valence-electron chi connectivity index (χ4n) is 1.94. The molecule has 0 amide bonds. The highest BCUT2D eigenvalue weighted by Crippen LogP contribution is 2.21. The molecule has 1 heterocycles. The quantitative estimate of drug-likeness (QED) is 0.846. The van der Waals surface area contributed by atoms with Crippen LogP contribution in [-0.2, 0) is 10.0 Å². The number of hydrogen-bond acceptors (Lipinski definition) is 3. The highest BCUT2D eigenvalue weighted by Gasteiger charge is 2.22. The van der Waals surface area contributed by atoms with E-state index >= 15 is 0 Å². The Bertz CT molecular complexity index is 795. The molecule has 9 heteroatoms. The molecule has 0 aliphatic rings. The van der Waals surface area contributed by atoms with Gasteiger partial charge in [-0.15, -0.1) is 0 Å². The molecule has 0 saturated heterocycles. The zero-order chi connectivity index (χ0) is 17.4. The van der Waals surface area contributed by atoms with E-state index in [0.717, 1.165) is 12.1 Å². The molecule has 2 rings (SSSR count). The second-order valence-corrected chi connectivity index (χ2v) is 7.11. The fourth-order valence-corrected chi connectivity index (χ4v) is 3.11. The van der Waals surface area contributed by atoms with Crippen molar-refractivity contribution in [3.63, 3.8) is 0 Å². The topological polar surface area (TPSA) is 64.0 Å². The van der Waals surface area contributed by atoms with Crippen LogP contribution in [0.5, 0.6) is 0 Å². The van der Waals surface area contributed by atoms with Crippen LogP contribution in [0.4, 0.5) is 13.2 Å². The Morgan fingerprint density at radius 2 is 1.70 bits per heavy atom. The van der Waals surface area contributed by atoms with Crippen LogP contribution in [0.25, 0.3) is 0 Å². The molecule has 1 aromatic heterocycles. The summed E-state index contributed by atoms with van der Waals surface area (Å²) in [4.78, 5) is -0.0684. The van der Waals surface area contributed by atoms with Crippen molar-refractivity contribution in [1.82, 2.24) is 14.5 Å². The third-order valence-electron chi connectivity index (χ3n) is 3.26. The van der Waals surface area contributed by atoms with Gasteiger partial charge in [-0.1, -0.05) is 0 Å². The lowest BCUT2D eigenvalue weighted by Crippen LogP contribution is -2.27. The molecule has 0 radical (unpaired) electrons. The van der Waals surface area contributed by atoms with Crippen molar-refractivity contribution in [3.05, 3.63) is 47.5 Å². The summed E-state index contributed by atoms with van der Waals surface area (Å²) < 4.78 is 67.7. The maximum Gasteiger partial charge on any atom is 0.244 e. The van der Waals surface area contributed by atoms with E-state index in [1.165, 1.54) is 24.0 Å². The van der Waals surface area contributed by atoms with Gasteiger partial charge in [0, 0.05) is 18.3 Å². The zero-order valence-corrected chi connectivity index (χ0v) is 13.5. The van der Waals surface area contributed by atoms with Crippen molar-refractivity contribution < 1.29 is 21.6 Å². The Morgan fingerprint density at radius 3 is 2.17 bits per heavy atom. The molecule has 0 spiro atoms. The van der Waals surface area contributed by atoms with Crippen LogP contribution < -0.4 is 4.72 Å². The fraction of sp³-hybridized carbons (Fsp3) is 0.357. The molecule has 0 saturated carbocycles. The highest BCUT2D eigenvalue weighted by molar-refractivity contribution is 7.89. The molecule has 0 unspecified atom stereocenters. The van der Waals surface area contributed by atoms with Gasteiger partial charge in [0.2, 0.25) is 10.0 Å². The summed E-state index contributed by atoms with van der Waals surface area (Å²) in [6.07, 6.45) is 2.53. The molecule has 0 aliphatic heterocycles. The Balaban J connectivity index is 2.26. The minimum absolute atomic E-state index is 0.0170. The predicted molar refractivity (Wildman–Crippen MR) is 77.7 cm³/mol. The van der Waals surface area contributed by atoms with Crippen LogP contribution in [0.15, 0.2) is 29.4 Å². The lowest BCUT2D eigenvalue weighted by atomic mass is 10.1. The first kappa shape index (κ1) is 17.5. The molecular formula is C14H16F3N3O2S. The Labute approximate surface area is 132 Å². The van der Waals surface area contributed by atoms with Gasteiger partial charge >= 0.3 is 0 Å². The third-order valence-corrected chi connectivity index (χ3v) is 4.75. The van der Waals surface area contributed by atoms with E-state index in [2.05, 4.69) is 9.82 Å². The summed E-state index contributed by atoms with van der Waals surface area (Å²) in [5.41, 5.74) is -0.0266. The summed E-state index contributed by atoms with van der Waals surface area (Å²) in [6, 6.07) is 0.537. The molecule has 0 fully saturated rings. The average molecular weight is 347 g/mol. The number of hydrogen-bond donors (Lipinski definition) is 1. The molecule has 126 valence electrons. The minimum atomic E-state index is -3.93. The number of sulfonamides is 1. The molecule has 2 aromatic rings. The second kappa shape index (κ2) is 6.32. The lowest BCUT2D eigenvalue weighted by Gasteiger charge is -2.14. The predicted octanol–water partition coefficient (Wildman–Crippen LogP) is 2.92. The van der Waals surface area contributed by atoms with E-state index in [4.69, 9.17) is 0 Å². The summed E-state index contributed by atoms with van der Waals surface area (Å²) >= 11 is 0. The van der Waals surface area contributed by atoms with Crippen LogP contribution in [-0.4, -0.2) is 18.2 Å². The first-order valence-corrected chi connectivity index (χ1v) is 8.31. The van der Waals surface area contributed by atoms with Crippen LogP contribution in [0.2, 0.25) is 0 Å². The summed E-state index contributed by atoms with van der Waals surface area (Å²) in [5.74, 6) is -4.35. The minimum Gasteiger partial charge on any atom is -0.269 e. The summed E-state index contributed by atoms with van der Waals surface area (Å²) in [7, 11) is -3.93. The molecule has 1 atom stereocenters. The number of rotatable bonds is 5. The van der Waals surface area contributed by atoms with Crippen LogP contribution >= 0.6 is 0 Å². The highest BCUT2D eigenvalue weighted by atomic mass is 32.2. The summed E-state index contributed by atoms with van der Waals surface area (Å²) in [6.45, 7) is 5.07. The molecule has 0 bridgehead atoms. The van der Waals surface area contributed by atoms with Crippen molar-refractivity contribution in [1.29, 1.82) is 0 Å². The smallest absolute Gasteiger partial charge is 0.244 e. The first-order valence-electron chi connectivity index (χ1n) is 6.82. The van der Waals surface area contributed by atoms with E-state index in [0.29, 0.717) is 0 Å². The van der Waals surface area contributed by atoms with Gasteiger partial charge in [0.1, 0.15) is 4.90 Å². The maximum absolute atomic E-state index is 13.2. The molecule has 23 heavy (non-hydrogen) atoms. The maximum atomic E-state index is 13.2. The van der Waals surface area contributed by atoms with Crippen molar-refractivity contribution in [2.75, 3.05) is 0 Å². The van der Waals surface area contributed by atoms with Crippen molar-refractivity contribution >= 4 is 10.0 Å². The normalized spacial score (nSPS) is 13.5. The number of aromatic nitrogens is 2. The molecule has 1 aromatic carbocycles. The van der Waals surface area contributed by atoms with Gasteiger partial charge in [-0.3, -0.25) is 4.68 Å². The van der Waals surface area contributed by atoms with Gasteiger partial charge < -0.3 is 0 Å². The number of nitrogens with one attached hydrogen (secondary N) is 1. The van der Waals surface area contributed by atoms with Gasteiger partial charge in [-0.2, -0.15) is 5.10 Å². The summed E-state index contributed by atoms with van der Waals surface area (Å²) in [5, 5.41) is 3.93. The SMILES string of the molecule is CC(C)n1cc(S(=O)(=O)N[C@H](C)c2cc(F)c(F)c(F)c2)cn1. The average Bonchev–Trinajstić information content (AvgIpc) is 2.94.